The predicted molar refractivity (Wildman–Crippen MR) is 518 cm³/mol. The molecule has 4 aliphatic carbocycles. The van der Waals surface area contributed by atoms with E-state index >= 15 is 0 Å². The fourth-order valence-electron chi connectivity index (χ4n) is 22.8. The minimum atomic E-state index is -1.04. The van der Waals surface area contributed by atoms with Gasteiger partial charge in [-0.05, 0) is 243 Å². The van der Waals surface area contributed by atoms with Gasteiger partial charge in [0, 0.05) is 152 Å². The van der Waals surface area contributed by atoms with Crippen molar-refractivity contribution in [1.82, 2.24) is 88.7 Å². The molecule has 684 valence electrons. The molecule has 0 radical (unpaired) electrons. The molecule has 16 aromatic rings. The Kier molecular flexibility index (Phi) is 22.5. The fourth-order valence-corrected chi connectivity index (χ4v) is 24.2. The number of carbonyl (C=O) groups excluding carboxylic acids is 1. The highest BCUT2D eigenvalue weighted by atomic mass is 79.9. The molecule has 4 aliphatic heterocycles. The standard InChI is InChI=1S/C24H23BrN6O3.C24H25BrN6O2.2C24H24BrN5O3/c1-12-15-4-5-30(23(15)28-11-27-12)18-8-24(21(34)20(18)33)9-19(32)31(10-24)14-3-2-13-6-16(25)22(26)29-17(13)7-14;1-13-16-4-6-31(23(16)28-12-27-13)19-10-24(21(33)20(19)32)5-7-30(11-24)15-3-2-14-8-17(25)22(26)29-18(14)9-15;2*1-12-15-4-5-30(22(15)28-11-27-12)19-9-24(21(32)20(19)31)8-18(26-10-24)14-3-2-13-6-16(25)23(33)29-17(13)7-14/h2-7,11,18,20-21,33-34H,8-10H2,1H3,(H2,26,29);2-4,6,8-9,12,19-21,32-33H,5,7,10-11H2,1H3,(H2,26,29);2*2-7,11,18-21,26,31-32H,8-10H2,1H3,(H,29,33)/t18-,20+,21+,24+;19-,20+,21+,24-;18-,19+,20-,21-,24-;18-,19-,20+,21+,24+/m1101/s1. The van der Waals surface area contributed by atoms with Crippen LogP contribution in [0.5, 0.6) is 0 Å². The predicted octanol–water partition coefficient (Wildman–Crippen LogP) is 11.4. The van der Waals surface area contributed by atoms with E-state index in [4.69, 9.17) is 11.5 Å². The van der Waals surface area contributed by atoms with Gasteiger partial charge in [-0.3, -0.25) is 14.4 Å². The molecule has 0 bridgehead atoms. The molecule has 4 saturated heterocycles. The second-order valence-electron chi connectivity index (χ2n) is 37.6. The number of halogens is 4. The number of carbonyl (C=O) groups is 1. The van der Waals surface area contributed by atoms with E-state index in [0.29, 0.717) is 102 Å². The number of amides is 1. The van der Waals surface area contributed by atoms with Crippen LogP contribution in [0.3, 0.4) is 0 Å². The lowest BCUT2D eigenvalue weighted by Crippen LogP contribution is -2.38. The zero-order chi connectivity index (χ0) is 92.5. The van der Waals surface area contributed by atoms with Crippen molar-refractivity contribution >= 4 is 180 Å². The van der Waals surface area contributed by atoms with Crippen molar-refractivity contribution in [2.45, 2.75) is 164 Å². The first-order valence-corrected chi connectivity index (χ1v) is 47.5. The van der Waals surface area contributed by atoms with Gasteiger partial charge >= 0.3 is 0 Å². The van der Waals surface area contributed by atoms with Crippen LogP contribution in [-0.4, -0.2) is 206 Å². The number of hydrogen-bond donors (Lipinski definition) is 14. The molecule has 0 unspecified atom stereocenters. The first-order chi connectivity index (χ1) is 63.8. The normalized spacial score (nSPS) is 28.4. The summed E-state index contributed by atoms with van der Waals surface area (Å²) in [6.07, 6.45) is 11.4. The smallest absolute Gasteiger partial charge is 0.262 e. The summed E-state index contributed by atoms with van der Waals surface area (Å²) in [5.74, 6) is 0.753. The minimum absolute atomic E-state index is 0.0214. The van der Waals surface area contributed by atoms with Gasteiger partial charge in [0.25, 0.3) is 11.1 Å². The maximum Gasteiger partial charge on any atom is 0.262 e. The van der Waals surface area contributed by atoms with Crippen molar-refractivity contribution < 1.29 is 45.6 Å². The van der Waals surface area contributed by atoms with Crippen molar-refractivity contribution in [3.05, 3.63) is 244 Å². The summed E-state index contributed by atoms with van der Waals surface area (Å²) in [5, 5.41) is 104. The number of anilines is 4. The number of aryl methyl sites for hydroxylation is 4. The molecule has 4 spiro atoms. The molecule has 12 aromatic heterocycles. The maximum atomic E-state index is 13.1. The minimum Gasteiger partial charge on any atom is -0.390 e. The highest BCUT2D eigenvalue weighted by Crippen LogP contribution is 2.58. The van der Waals surface area contributed by atoms with Gasteiger partial charge in [-0.1, -0.05) is 36.4 Å². The number of nitrogen functional groups attached to an aromatic ring is 2. The van der Waals surface area contributed by atoms with Crippen LogP contribution in [0.4, 0.5) is 23.0 Å². The summed E-state index contributed by atoms with van der Waals surface area (Å²) in [4.78, 5) is 90.6. The average molecular weight is 2050 g/mol. The fraction of sp³-hybridized carbons (Fsp3) is 0.365. The molecular weight excluding hydrogens is 1960 g/mol. The number of nitrogens with zero attached hydrogens (tertiary/aromatic N) is 16. The van der Waals surface area contributed by atoms with Gasteiger partial charge < -0.3 is 101 Å². The molecule has 16 heterocycles. The van der Waals surface area contributed by atoms with Gasteiger partial charge in [0.05, 0.1) is 100 Å². The number of pyridine rings is 4. The van der Waals surface area contributed by atoms with Crippen LogP contribution in [0.15, 0.2) is 199 Å². The Hall–Kier alpha value is -11.0. The van der Waals surface area contributed by atoms with E-state index in [2.05, 4.69) is 157 Å². The zero-order valence-electron chi connectivity index (χ0n) is 72.6. The van der Waals surface area contributed by atoms with Crippen molar-refractivity contribution in [2.24, 2.45) is 21.7 Å². The SMILES string of the molecule is Cc1ncnc2c1ccn2[C@@H]1C[C@@]2(CC(=O)N(c3ccc4cc(Br)c(N)nc4c3)C2)[C@@H](O)[C@H]1O.Cc1ncnc2c1ccn2[C@@H]1C[C@@]2(CCN(c3ccc4cc(Br)c(N)nc4c3)C2)[C@@H](O)[C@H]1O.Cc1ncnc2c1ccn2[C@@H]1C[C@@]2(CN[C@@H](c3ccc4cc(Br)c(=O)[nH]c4c3)C2)[C@@H](O)[C@H]1O.Cc1ncnc2c1ccn2[C@@H]1C[C@@]2(CN[C@H](c3ccc4cc(Br)c(=O)[nH]c4c3)C2)[C@@H](O)[C@H]1O. The number of aliphatic hydroxyl groups excluding tert-OH is 8. The zero-order valence-corrected chi connectivity index (χ0v) is 78.9. The molecule has 33 nitrogen and oxygen atoms in total. The highest BCUT2D eigenvalue weighted by Gasteiger charge is 2.61. The van der Waals surface area contributed by atoms with Crippen molar-refractivity contribution in [2.75, 3.05) is 54.0 Å². The first-order valence-electron chi connectivity index (χ1n) is 44.3. The van der Waals surface area contributed by atoms with E-state index in [0.717, 1.165) is 138 Å². The summed E-state index contributed by atoms with van der Waals surface area (Å²) in [6.45, 7) is 10.7. The number of aromatic amines is 2. The number of H-pyrrole nitrogens is 2. The lowest BCUT2D eigenvalue weighted by molar-refractivity contribution is -0.118. The van der Waals surface area contributed by atoms with Crippen LogP contribution in [0, 0.1) is 49.4 Å². The number of rotatable bonds is 8. The van der Waals surface area contributed by atoms with Crippen LogP contribution in [0.2, 0.25) is 0 Å². The number of aromatic nitrogens is 16. The lowest BCUT2D eigenvalue weighted by atomic mass is 9.80. The third-order valence-electron chi connectivity index (χ3n) is 30.1. The van der Waals surface area contributed by atoms with E-state index in [1.54, 1.807) is 11.2 Å². The maximum absolute atomic E-state index is 13.1. The van der Waals surface area contributed by atoms with Crippen molar-refractivity contribution in [3.8, 4) is 0 Å². The number of fused-ring (bicyclic) bond motifs is 8. The van der Waals surface area contributed by atoms with Crippen LogP contribution in [0.1, 0.15) is 122 Å². The van der Waals surface area contributed by atoms with E-state index in [1.807, 2.05) is 174 Å². The van der Waals surface area contributed by atoms with E-state index in [-0.39, 0.29) is 59.1 Å². The van der Waals surface area contributed by atoms with Gasteiger partial charge in [0.1, 0.15) is 83.9 Å². The Morgan fingerprint density at radius 2 is 0.744 bits per heavy atom. The molecule has 8 aliphatic rings. The number of nitrogens with two attached hydrogens (primary N) is 2. The summed E-state index contributed by atoms with van der Waals surface area (Å²) < 4.78 is 10.4. The average Bonchev–Trinajstić information content (AvgIpc) is 1.58. The Morgan fingerprint density at radius 1 is 0.391 bits per heavy atom. The number of aliphatic hydroxyl groups is 8. The Balaban J connectivity index is 0.000000107. The van der Waals surface area contributed by atoms with Gasteiger partial charge in [0.15, 0.2) is 0 Å². The van der Waals surface area contributed by atoms with Crippen LogP contribution < -0.4 is 43.0 Å². The summed E-state index contributed by atoms with van der Waals surface area (Å²) in [7, 11) is 0. The molecule has 4 aromatic carbocycles. The molecule has 24 rings (SSSR count). The van der Waals surface area contributed by atoms with Gasteiger partial charge in [0.2, 0.25) is 5.91 Å². The second kappa shape index (κ2) is 33.8. The quantitative estimate of drug-likeness (QED) is 0.0672. The first kappa shape index (κ1) is 88.6. The monoisotopic (exact) mass is 2050 g/mol. The molecule has 8 fully saturated rings. The van der Waals surface area contributed by atoms with E-state index in [1.165, 1.54) is 19.0 Å². The largest absolute Gasteiger partial charge is 0.390 e. The molecule has 4 saturated carbocycles. The second-order valence-corrected chi connectivity index (χ2v) is 41.0. The molecule has 133 heavy (non-hydrogen) atoms. The van der Waals surface area contributed by atoms with Crippen LogP contribution in [-0.2, 0) is 4.79 Å². The van der Waals surface area contributed by atoms with Gasteiger partial charge in [-0.2, -0.15) is 0 Å². The highest BCUT2D eigenvalue weighted by molar-refractivity contribution is 9.11. The topological polar surface area (TPSA) is 476 Å². The molecule has 1 amide bonds. The molecule has 16 N–H and O–H groups in total. The van der Waals surface area contributed by atoms with Crippen LogP contribution in [0.25, 0.3) is 87.7 Å². The molecule has 37 heteroatoms. The third kappa shape index (κ3) is 15.2. The number of hydrogen-bond acceptors (Lipinski definition) is 26. The molecule has 18 atom stereocenters. The number of nitrogens with one attached hydrogen (secondary N) is 4. The van der Waals surface area contributed by atoms with E-state index in [9.17, 15) is 55.2 Å². The number of benzene rings is 4. The van der Waals surface area contributed by atoms with Crippen molar-refractivity contribution in [1.29, 1.82) is 0 Å². The Morgan fingerprint density at radius 3 is 1.16 bits per heavy atom. The molecular formula is C96H96Br4N22O11. The van der Waals surface area contributed by atoms with Crippen LogP contribution >= 0.6 is 63.7 Å². The van der Waals surface area contributed by atoms with Gasteiger partial charge in [-0.25, -0.2) is 49.8 Å². The Bertz CT molecular complexity index is 7280. The lowest BCUT2D eigenvalue weighted by Gasteiger charge is -2.29. The summed E-state index contributed by atoms with van der Waals surface area (Å²) in [6, 6.07) is 38.1. The van der Waals surface area contributed by atoms with Crippen molar-refractivity contribution in [3.63, 3.8) is 0 Å². The summed E-state index contributed by atoms with van der Waals surface area (Å²) in [5.41, 5.74) is 23.1. The van der Waals surface area contributed by atoms with E-state index < -0.39 is 71.1 Å². The Labute approximate surface area is 792 Å². The third-order valence-corrected chi connectivity index (χ3v) is 32.5. The summed E-state index contributed by atoms with van der Waals surface area (Å²) >= 11 is 13.4. The van der Waals surface area contributed by atoms with Gasteiger partial charge in [-0.15, -0.1) is 0 Å².